The van der Waals surface area contributed by atoms with E-state index in [9.17, 15) is 14.4 Å². The second-order valence-electron chi connectivity index (χ2n) is 10.3. The molecule has 3 aliphatic rings. The SMILES string of the molecule is CCCNC(=O)[C@@H]1[C@@H]2CCC3(S2)C(C(=O)Nc2cc(C)ccc2C)N(CCCCCCO)C(=O)[C@H]13. The second kappa shape index (κ2) is 10.9. The molecule has 3 saturated heterocycles. The van der Waals surface area contributed by atoms with E-state index in [-0.39, 0.29) is 35.5 Å². The normalized spacial score (nSPS) is 28.9. The zero-order valence-electron chi connectivity index (χ0n) is 21.1. The van der Waals surface area contributed by atoms with E-state index in [0.29, 0.717) is 13.1 Å². The number of rotatable bonds is 11. The molecule has 3 aliphatic heterocycles. The third kappa shape index (κ3) is 4.84. The van der Waals surface area contributed by atoms with Gasteiger partial charge in [0.15, 0.2) is 0 Å². The summed E-state index contributed by atoms with van der Waals surface area (Å²) >= 11 is 1.71. The van der Waals surface area contributed by atoms with Gasteiger partial charge in [0.1, 0.15) is 6.04 Å². The molecule has 4 rings (SSSR count). The van der Waals surface area contributed by atoms with Gasteiger partial charge in [-0.25, -0.2) is 0 Å². The quantitative estimate of drug-likeness (QED) is 0.404. The highest BCUT2D eigenvalue weighted by Gasteiger charge is 2.73. The number of unbranched alkanes of at least 4 members (excludes halogenated alkanes) is 3. The van der Waals surface area contributed by atoms with Gasteiger partial charge in [0.25, 0.3) is 0 Å². The molecule has 0 saturated carbocycles. The molecule has 3 N–H and O–H groups in total. The van der Waals surface area contributed by atoms with Crippen LogP contribution in [0.3, 0.4) is 0 Å². The first-order valence-electron chi connectivity index (χ1n) is 13.1. The van der Waals surface area contributed by atoms with Crippen LogP contribution in [0.25, 0.3) is 0 Å². The maximum absolute atomic E-state index is 13.9. The number of nitrogens with one attached hydrogen (secondary N) is 2. The van der Waals surface area contributed by atoms with Gasteiger partial charge in [-0.15, -0.1) is 11.8 Å². The smallest absolute Gasteiger partial charge is 0.248 e. The van der Waals surface area contributed by atoms with Gasteiger partial charge in [0, 0.05) is 30.6 Å². The lowest BCUT2D eigenvalue weighted by Crippen LogP contribution is -2.52. The molecule has 0 aliphatic carbocycles. The summed E-state index contributed by atoms with van der Waals surface area (Å²) in [6, 6.07) is 5.40. The number of aliphatic hydroxyl groups excluding tert-OH is 1. The molecular formula is C27H39N3O4S. The van der Waals surface area contributed by atoms with Crippen molar-refractivity contribution in [1.29, 1.82) is 0 Å². The number of amides is 3. The Morgan fingerprint density at radius 1 is 1.17 bits per heavy atom. The summed E-state index contributed by atoms with van der Waals surface area (Å²) in [5.41, 5.74) is 2.83. The number of hydrogen-bond acceptors (Lipinski definition) is 5. The monoisotopic (exact) mass is 501 g/mol. The second-order valence-corrected chi connectivity index (χ2v) is 11.9. The van der Waals surface area contributed by atoms with Gasteiger partial charge >= 0.3 is 0 Å². The molecule has 0 radical (unpaired) electrons. The van der Waals surface area contributed by atoms with Crippen molar-refractivity contribution in [3.8, 4) is 0 Å². The molecule has 2 unspecified atom stereocenters. The highest BCUT2D eigenvalue weighted by molar-refractivity contribution is 8.02. The number of carbonyl (C=O) groups is 3. The molecule has 5 atom stereocenters. The molecule has 0 aromatic heterocycles. The third-order valence-corrected chi connectivity index (χ3v) is 9.81. The van der Waals surface area contributed by atoms with E-state index in [0.717, 1.165) is 61.8 Å². The van der Waals surface area contributed by atoms with E-state index in [1.165, 1.54) is 0 Å². The summed E-state index contributed by atoms with van der Waals surface area (Å²) in [6.45, 7) is 7.26. The Bertz CT molecular complexity index is 970. The number of carbonyl (C=O) groups excluding carboxylic acids is 3. The number of fused-ring (bicyclic) bond motifs is 1. The van der Waals surface area contributed by atoms with Crippen molar-refractivity contribution in [3.63, 3.8) is 0 Å². The Morgan fingerprint density at radius 2 is 1.94 bits per heavy atom. The molecule has 35 heavy (non-hydrogen) atoms. The van der Waals surface area contributed by atoms with Crippen molar-refractivity contribution in [3.05, 3.63) is 29.3 Å². The Morgan fingerprint density at radius 3 is 2.69 bits per heavy atom. The highest BCUT2D eigenvalue weighted by atomic mass is 32.2. The van der Waals surface area contributed by atoms with Crippen LogP contribution in [0.4, 0.5) is 5.69 Å². The summed E-state index contributed by atoms with van der Waals surface area (Å²) in [7, 11) is 0. The topological polar surface area (TPSA) is 98.7 Å². The lowest BCUT2D eigenvalue weighted by atomic mass is 9.70. The van der Waals surface area contributed by atoms with Crippen molar-refractivity contribution >= 4 is 35.2 Å². The summed E-state index contributed by atoms with van der Waals surface area (Å²) in [5.74, 6) is -1.05. The fourth-order valence-corrected chi connectivity index (χ4v) is 8.40. The zero-order chi connectivity index (χ0) is 25.2. The minimum Gasteiger partial charge on any atom is -0.396 e. The maximum Gasteiger partial charge on any atom is 0.248 e. The Balaban J connectivity index is 1.62. The van der Waals surface area contributed by atoms with Gasteiger partial charge in [-0.05, 0) is 63.1 Å². The molecule has 1 aromatic rings. The standard InChI is InChI=1S/C27H39N3O4S/c1-4-13-28-24(32)21-20-11-12-27(35-20)22(21)26(34)30(14-7-5-6-8-15-31)23(27)25(33)29-19-16-17(2)9-10-18(19)3/h9-10,16,20-23,31H,4-8,11-15H2,1-3H3,(H,28,32)(H,29,33)/t20-,21+,22-,23?,27?/m0/s1. The fraction of sp³-hybridized carbons (Fsp3) is 0.667. The Kier molecular flexibility index (Phi) is 8.11. The largest absolute Gasteiger partial charge is 0.396 e. The van der Waals surface area contributed by atoms with E-state index in [1.807, 2.05) is 39.0 Å². The predicted octanol–water partition coefficient (Wildman–Crippen LogP) is 3.41. The molecule has 7 nitrogen and oxygen atoms in total. The van der Waals surface area contributed by atoms with Gasteiger partial charge in [-0.3, -0.25) is 14.4 Å². The number of aliphatic hydroxyl groups is 1. The Hall–Kier alpha value is -2.06. The lowest BCUT2D eigenvalue weighted by Gasteiger charge is -2.34. The van der Waals surface area contributed by atoms with E-state index < -0.39 is 16.7 Å². The third-order valence-electron chi connectivity index (χ3n) is 7.86. The van der Waals surface area contributed by atoms with Crippen molar-refractivity contribution in [2.45, 2.75) is 81.8 Å². The van der Waals surface area contributed by atoms with Crippen LogP contribution in [0.15, 0.2) is 18.2 Å². The summed E-state index contributed by atoms with van der Waals surface area (Å²) < 4.78 is -0.553. The van der Waals surface area contributed by atoms with Crippen LogP contribution in [0.5, 0.6) is 0 Å². The summed E-state index contributed by atoms with van der Waals surface area (Å²) in [4.78, 5) is 42.7. The molecule has 8 heteroatoms. The van der Waals surface area contributed by atoms with E-state index >= 15 is 0 Å². The van der Waals surface area contributed by atoms with Crippen molar-refractivity contribution in [2.75, 3.05) is 25.0 Å². The van der Waals surface area contributed by atoms with E-state index in [1.54, 1.807) is 16.7 Å². The average molecular weight is 502 g/mol. The number of aryl methyl sites for hydroxylation is 2. The molecule has 2 bridgehead atoms. The van der Waals surface area contributed by atoms with E-state index in [2.05, 4.69) is 10.6 Å². The van der Waals surface area contributed by atoms with Crippen LogP contribution in [0.2, 0.25) is 0 Å². The first kappa shape index (κ1) is 26.0. The van der Waals surface area contributed by atoms with Crippen molar-refractivity contribution in [1.82, 2.24) is 10.2 Å². The minimum absolute atomic E-state index is 0.0391. The lowest BCUT2D eigenvalue weighted by molar-refractivity contribution is -0.139. The van der Waals surface area contributed by atoms with Crippen LogP contribution < -0.4 is 10.6 Å². The van der Waals surface area contributed by atoms with Crippen LogP contribution in [0.1, 0.15) is 63.0 Å². The first-order valence-corrected chi connectivity index (χ1v) is 14.0. The zero-order valence-corrected chi connectivity index (χ0v) is 22.0. The number of benzene rings is 1. The number of anilines is 1. The molecule has 3 amide bonds. The van der Waals surface area contributed by atoms with Crippen LogP contribution in [-0.4, -0.2) is 63.5 Å². The van der Waals surface area contributed by atoms with Crippen LogP contribution in [-0.2, 0) is 14.4 Å². The maximum atomic E-state index is 13.9. The molecule has 1 spiro atoms. The van der Waals surface area contributed by atoms with Gasteiger partial charge < -0.3 is 20.6 Å². The van der Waals surface area contributed by atoms with Crippen LogP contribution >= 0.6 is 11.8 Å². The summed E-state index contributed by atoms with van der Waals surface area (Å²) in [5, 5.41) is 15.3. The van der Waals surface area contributed by atoms with Crippen molar-refractivity contribution in [2.24, 2.45) is 11.8 Å². The highest BCUT2D eigenvalue weighted by Crippen LogP contribution is 2.66. The average Bonchev–Trinajstić information content (AvgIpc) is 3.47. The molecule has 3 fully saturated rings. The van der Waals surface area contributed by atoms with E-state index in [4.69, 9.17) is 5.11 Å². The van der Waals surface area contributed by atoms with Gasteiger partial charge in [0.05, 0.1) is 16.6 Å². The molecule has 1 aromatic carbocycles. The predicted molar refractivity (Wildman–Crippen MR) is 139 cm³/mol. The Labute approximate surface area is 212 Å². The number of thioether (sulfide) groups is 1. The van der Waals surface area contributed by atoms with Gasteiger partial charge in [0.2, 0.25) is 17.7 Å². The molecule has 3 heterocycles. The van der Waals surface area contributed by atoms with Crippen molar-refractivity contribution < 1.29 is 19.5 Å². The van der Waals surface area contributed by atoms with Gasteiger partial charge in [-0.1, -0.05) is 31.9 Å². The summed E-state index contributed by atoms with van der Waals surface area (Å²) in [6.07, 6.45) is 5.80. The number of hydrogen-bond donors (Lipinski definition) is 3. The molecule has 192 valence electrons. The fourth-order valence-electron chi connectivity index (χ4n) is 6.18. The van der Waals surface area contributed by atoms with Gasteiger partial charge in [-0.2, -0.15) is 0 Å². The number of likely N-dealkylation sites (tertiary alicyclic amines) is 1. The first-order chi connectivity index (χ1) is 16.8. The van der Waals surface area contributed by atoms with Crippen LogP contribution in [0, 0.1) is 25.7 Å². The number of nitrogens with zero attached hydrogens (tertiary/aromatic N) is 1. The minimum atomic E-state index is -0.586. The molecular weight excluding hydrogens is 462 g/mol.